The first-order valence-electron chi connectivity index (χ1n) is 38.3. The van der Waals surface area contributed by atoms with Crippen molar-refractivity contribution in [2.45, 2.75) is 24.7 Å². The van der Waals surface area contributed by atoms with Gasteiger partial charge < -0.3 is 9.80 Å². The summed E-state index contributed by atoms with van der Waals surface area (Å²) < 4.78 is 0. The van der Waals surface area contributed by atoms with Crippen LogP contribution in [0.5, 0.6) is 0 Å². The van der Waals surface area contributed by atoms with Crippen LogP contribution in [0.15, 0.2) is 425 Å². The Bertz CT molecular complexity index is 6050. The Hall–Kier alpha value is -13.9. The lowest BCUT2D eigenvalue weighted by Crippen LogP contribution is -2.28. The summed E-state index contributed by atoms with van der Waals surface area (Å²) in [6.07, 6.45) is 0. The zero-order valence-electron chi connectivity index (χ0n) is 61.3. The van der Waals surface area contributed by atoms with E-state index in [9.17, 15) is 0 Å². The fourth-order valence-corrected chi connectivity index (χ4v) is 18.6. The standard InChI is InChI=1S/C108H76N2/c1-73-69-79(59-67-103(73)109(105-51-25-21-45-97(105)91-47-27-31-77-29-15-17-41-89(77)91)87-61-53-75(54-62-87)81-57-65-95-93-43-19-23-49-99(93)107(101(95)71-81,83-33-7-3-8-34-83)84-35-9-4-10-36-84)80-60-68-104(74(2)70-80)110(106-52-26-22-46-98(106)92-48-28-32-78-30-16-18-42-90(78)92)88-63-55-76(56-64-88)82-58-66-96-94-44-20-24-50-100(94)108(102(96)72-82,85-37-11-5-12-38-85)86-39-13-6-14-40-86/h3-72H,1-2H3. The highest BCUT2D eigenvalue weighted by Gasteiger charge is 2.48. The highest BCUT2D eigenvalue weighted by atomic mass is 15.2. The molecule has 2 aliphatic rings. The molecular formula is C108H76N2. The van der Waals surface area contributed by atoms with Gasteiger partial charge in [-0.2, -0.15) is 0 Å². The number of hydrogen-bond donors (Lipinski definition) is 0. The second-order valence-corrected chi connectivity index (χ2v) is 29.4. The first-order chi connectivity index (χ1) is 54.4. The minimum Gasteiger partial charge on any atom is -0.310 e. The van der Waals surface area contributed by atoms with Gasteiger partial charge in [-0.15, -0.1) is 0 Å². The third kappa shape index (κ3) is 10.7. The van der Waals surface area contributed by atoms with E-state index in [2.05, 4.69) is 448 Å². The van der Waals surface area contributed by atoms with Gasteiger partial charge in [-0.05, 0) is 231 Å². The van der Waals surface area contributed by atoms with E-state index in [4.69, 9.17) is 0 Å². The lowest BCUT2D eigenvalue weighted by Gasteiger charge is -2.34. The van der Waals surface area contributed by atoms with Crippen molar-refractivity contribution in [3.05, 3.63) is 480 Å². The van der Waals surface area contributed by atoms with Crippen LogP contribution in [0.4, 0.5) is 34.1 Å². The number of hydrogen-bond acceptors (Lipinski definition) is 2. The minimum atomic E-state index is -0.502. The number of anilines is 6. The molecule has 0 aromatic heterocycles. The van der Waals surface area contributed by atoms with Crippen molar-refractivity contribution in [1.29, 1.82) is 0 Å². The summed E-state index contributed by atoms with van der Waals surface area (Å²) in [7, 11) is 0. The highest BCUT2D eigenvalue weighted by molar-refractivity contribution is 6.04. The van der Waals surface area contributed by atoms with Gasteiger partial charge in [0.15, 0.2) is 0 Å². The van der Waals surface area contributed by atoms with Crippen LogP contribution < -0.4 is 9.80 Å². The van der Waals surface area contributed by atoms with E-state index >= 15 is 0 Å². The molecule has 518 valence electrons. The zero-order chi connectivity index (χ0) is 73.3. The molecule has 0 heterocycles. The van der Waals surface area contributed by atoms with Crippen LogP contribution in [0.3, 0.4) is 0 Å². The Labute approximate surface area is 644 Å². The average Bonchev–Trinajstić information content (AvgIpc) is 1.54. The summed E-state index contributed by atoms with van der Waals surface area (Å²) in [5, 5.41) is 4.85. The van der Waals surface area contributed by atoms with Gasteiger partial charge in [-0.1, -0.05) is 352 Å². The maximum atomic E-state index is 2.48. The van der Waals surface area contributed by atoms with E-state index in [-0.39, 0.29) is 0 Å². The molecule has 0 fully saturated rings. The van der Waals surface area contributed by atoms with Crippen molar-refractivity contribution in [2.24, 2.45) is 0 Å². The number of rotatable bonds is 15. The van der Waals surface area contributed by atoms with Crippen molar-refractivity contribution in [1.82, 2.24) is 0 Å². The molecule has 0 aliphatic heterocycles. The van der Waals surface area contributed by atoms with Crippen LogP contribution in [0, 0.1) is 13.8 Å². The van der Waals surface area contributed by atoms with Crippen LogP contribution in [0.2, 0.25) is 0 Å². The fourth-order valence-electron chi connectivity index (χ4n) is 18.6. The number of nitrogens with zero attached hydrogens (tertiary/aromatic N) is 2. The van der Waals surface area contributed by atoms with E-state index in [1.165, 1.54) is 111 Å². The Balaban J connectivity index is 0.687. The van der Waals surface area contributed by atoms with Gasteiger partial charge in [0.2, 0.25) is 0 Å². The molecule has 2 aliphatic carbocycles. The first-order valence-corrected chi connectivity index (χ1v) is 38.3. The molecule has 0 bridgehead atoms. The van der Waals surface area contributed by atoms with Gasteiger partial charge in [0.25, 0.3) is 0 Å². The van der Waals surface area contributed by atoms with Crippen molar-refractivity contribution in [3.63, 3.8) is 0 Å². The van der Waals surface area contributed by atoms with Crippen molar-refractivity contribution < 1.29 is 0 Å². The van der Waals surface area contributed by atoms with E-state index in [0.29, 0.717) is 0 Å². The Morgan fingerprint density at radius 1 is 0.182 bits per heavy atom. The molecule has 0 spiro atoms. The molecule has 110 heavy (non-hydrogen) atoms. The van der Waals surface area contributed by atoms with Crippen molar-refractivity contribution in [3.8, 4) is 77.9 Å². The van der Waals surface area contributed by atoms with E-state index < -0.39 is 10.8 Å². The number of fused-ring (bicyclic) bond motifs is 8. The van der Waals surface area contributed by atoms with Gasteiger partial charge in [-0.25, -0.2) is 0 Å². The maximum Gasteiger partial charge on any atom is 0.0713 e. The predicted octanol–water partition coefficient (Wildman–Crippen LogP) is 28.6. The number of benzene rings is 18. The zero-order valence-corrected chi connectivity index (χ0v) is 61.3. The normalized spacial score (nSPS) is 12.8. The molecule has 0 N–H and O–H groups in total. The second-order valence-electron chi connectivity index (χ2n) is 29.4. The van der Waals surface area contributed by atoms with E-state index in [1.807, 2.05) is 0 Å². The minimum absolute atomic E-state index is 0.502. The van der Waals surface area contributed by atoms with Crippen LogP contribution >= 0.6 is 0 Å². The smallest absolute Gasteiger partial charge is 0.0713 e. The van der Waals surface area contributed by atoms with Crippen LogP contribution in [0.1, 0.15) is 55.6 Å². The topological polar surface area (TPSA) is 6.48 Å². The summed E-state index contributed by atoms with van der Waals surface area (Å²) in [4.78, 5) is 4.96. The van der Waals surface area contributed by atoms with Crippen molar-refractivity contribution >= 4 is 55.7 Å². The molecule has 18 aromatic carbocycles. The Morgan fingerprint density at radius 3 is 0.845 bits per heavy atom. The molecule has 2 heteroatoms. The molecular weight excluding hydrogens is 1330 g/mol. The molecule has 0 saturated heterocycles. The lowest BCUT2D eigenvalue weighted by molar-refractivity contribution is 0.769. The van der Waals surface area contributed by atoms with Gasteiger partial charge >= 0.3 is 0 Å². The van der Waals surface area contributed by atoms with Crippen LogP contribution in [-0.4, -0.2) is 0 Å². The molecule has 0 unspecified atom stereocenters. The molecule has 0 amide bonds. The van der Waals surface area contributed by atoms with Crippen LogP contribution in [0.25, 0.3) is 99.4 Å². The largest absolute Gasteiger partial charge is 0.310 e. The molecule has 0 saturated carbocycles. The van der Waals surface area contributed by atoms with E-state index in [1.54, 1.807) is 0 Å². The van der Waals surface area contributed by atoms with Gasteiger partial charge in [-0.3, -0.25) is 0 Å². The number of para-hydroxylation sites is 2. The van der Waals surface area contributed by atoms with Crippen molar-refractivity contribution in [2.75, 3.05) is 9.80 Å². The van der Waals surface area contributed by atoms with Gasteiger partial charge in [0, 0.05) is 33.9 Å². The maximum absolute atomic E-state index is 2.48. The Morgan fingerprint density at radius 2 is 0.464 bits per heavy atom. The summed E-state index contributed by atoms with van der Waals surface area (Å²) in [6.45, 7) is 4.55. The average molecular weight is 1400 g/mol. The second kappa shape index (κ2) is 27.1. The summed E-state index contributed by atoms with van der Waals surface area (Å²) >= 11 is 0. The third-order valence-electron chi connectivity index (χ3n) is 23.5. The highest BCUT2D eigenvalue weighted by Crippen LogP contribution is 2.59. The molecule has 20 rings (SSSR count). The summed E-state index contributed by atoms with van der Waals surface area (Å²) in [5.41, 5.74) is 34.8. The molecule has 2 nitrogen and oxygen atoms in total. The summed E-state index contributed by atoms with van der Waals surface area (Å²) in [6, 6.07) is 158. The van der Waals surface area contributed by atoms with Crippen LogP contribution in [-0.2, 0) is 10.8 Å². The molecule has 0 radical (unpaired) electrons. The number of aryl methyl sites for hydroxylation is 2. The van der Waals surface area contributed by atoms with E-state index in [0.717, 1.165) is 78.6 Å². The molecule has 0 atom stereocenters. The first kappa shape index (κ1) is 65.6. The Kier molecular flexibility index (Phi) is 16.2. The monoisotopic (exact) mass is 1400 g/mol. The predicted molar refractivity (Wildman–Crippen MR) is 462 cm³/mol. The SMILES string of the molecule is Cc1cc(-c2ccc(N(c3ccc(-c4ccc5c(c4)C(c4ccccc4)(c4ccccc4)c4ccccc4-5)cc3)c3ccccc3-c3cccc4ccccc34)c(C)c2)ccc1N(c1ccc(-c2ccc3c(c2)C(c2ccccc2)(c2ccccc2)c2ccccc2-3)cc1)c1ccccc1-c1cccc2ccccc12. The lowest BCUT2D eigenvalue weighted by atomic mass is 9.67. The van der Waals surface area contributed by atoms with Gasteiger partial charge in [0.05, 0.1) is 22.2 Å². The quantitative estimate of drug-likeness (QED) is 0.101. The third-order valence-corrected chi connectivity index (χ3v) is 23.5. The molecule has 18 aromatic rings. The van der Waals surface area contributed by atoms with Gasteiger partial charge in [0.1, 0.15) is 0 Å². The summed E-state index contributed by atoms with van der Waals surface area (Å²) in [5.74, 6) is 0. The fraction of sp³-hybridized carbons (Fsp3) is 0.0370.